The maximum atomic E-state index is 13.3. The van der Waals surface area contributed by atoms with Crippen molar-refractivity contribution < 1.29 is 22.0 Å². The van der Waals surface area contributed by atoms with Crippen molar-refractivity contribution >= 4 is 55.4 Å². The second kappa shape index (κ2) is 7.08. The van der Waals surface area contributed by atoms with Crippen molar-refractivity contribution in [2.24, 2.45) is 0 Å². The van der Waals surface area contributed by atoms with Crippen molar-refractivity contribution in [2.75, 3.05) is 24.7 Å². The molecule has 1 amide bonds. The van der Waals surface area contributed by atoms with E-state index in [4.69, 9.17) is 4.42 Å². The van der Waals surface area contributed by atoms with E-state index in [1.54, 1.807) is 6.07 Å². The molecule has 27 heavy (non-hydrogen) atoms. The summed E-state index contributed by atoms with van der Waals surface area (Å²) < 4.78 is 44.3. The Kier molecular flexibility index (Phi) is 5.12. The van der Waals surface area contributed by atoms with E-state index in [1.807, 2.05) is 22.6 Å². The van der Waals surface area contributed by atoms with Gasteiger partial charge in [0, 0.05) is 19.7 Å². The molecule has 2 aromatic heterocycles. The first-order valence-corrected chi connectivity index (χ1v) is 10.6. The third-order valence-electron chi connectivity index (χ3n) is 3.97. The highest BCUT2D eigenvalue weighted by atomic mass is 127. The van der Waals surface area contributed by atoms with Crippen molar-refractivity contribution in [2.45, 2.75) is 0 Å². The summed E-state index contributed by atoms with van der Waals surface area (Å²) in [5.41, 5.74) is 0.859. The number of furan rings is 1. The molecule has 0 saturated heterocycles. The SMILES string of the molecule is CNC(=O)c1c(-c2ccc(F)cc2)oc2nc(N(C)S(C)(=O)=O)c(I)cc12. The number of halogens is 2. The van der Waals surface area contributed by atoms with Gasteiger partial charge in [0.2, 0.25) is 15.7 Å². The van der Waals surface area contributed by atoms with E-state index >= 15 is 0 Å². The number of nitrogens with one attached hydrogen (secondary N) is 1. The molecule has 1 aromatic carbocycles. The quantitative estimate of drug-likeness (QED) is 0.553. The lowest BCUT2D eigenvalue weighted by molar-refractivity contribution is 0.0964. The number of sulfonamides is 1. The minimum atomic E-state index is -3.52. The minimum absolute atomic E-state index is 0.110. The standard InChI is InChI=1S/C17H15FIN3O4S/c1-20-16(23)13-11-8-12(19)15(22(2)27(3,24)25)21-17(11)26-14(13)9-4-6-10(18)7-5-9/h4-8H,1-3H3,(H,20,23). The molecular weight excluding hydrogens is 488 g/mol. The summed E-state index contributed by atoms with van der Waals surface area (Å²) in [7, 11) is -0.655. The van der Waals surface area contributed by atoms with Crippen molar-refractivity contribution in [1.29, 1.82) is 0 Å². The second-order valence-electron chi connectivity index (χ2n) is 5.77. The average molecular weight is 503 g/mol. The Morgan fingerprint density at radius 3 is 2.48 bits per heavy atom. The van der Waals surface area contributed by atoms with E-state index in [0.29, 0.717) is 14.5 Å². The molecule has 0 unspecified atom stereocenters. The Balaban J connectivity index is 2.30. The number of benzene rings is 1. The van der Waals surface area contributed by atoms with Gasteiger partial charge in [-0.3, -0.25) is 9.10 Å². The predicted molar refractivity (Wildman–Crippen MR) is 109 cm³/mol. The van der Waals surface area contributed by atoms with Crippen LogP contribution in [0.4, 0.5) is 10.2 Å². The van der Waals surface area contributed by atoms with Crippen LogP contribution >= 0.6 is 22.6 Å². The molecule has 142 valence electrons. The number of pyridine rings is 1. The number of hydrogen-bond acceptors (Lipinski definition) is 5. The van der Waals surface area contributed by atoms with E-state index in [0.717, 1.165) is 10.6 Å². The highest BCUT2D eigenvalue weighted by Gasteiger charge is 2.25. The van der Waals surface area contributed by atoms with Gasteiger partial charge >= 0.3 is 0 Å². The van der Waals surface area contributed by atoms with Crippen LogP contribution in [0.3, 0.4) is 0 Å². The fourth-order valence-corrected chi connectivity index (χ4v) is 3.93. The molecule has 0 saturated carbocycles. The summed E-state index contributed by atoms with van der Waals surface area (Å²) in [6, 6.07) is 7.15. The third kappa shape index (κ3) is 3.63. The van der Waals surface area contributed by atoms with Gasteiger partial charge in [0.15, 0.2) is 5.82 Å². The fourth-order valence-electron chi connectivity index (χ4n) is 2.52. The summed E-state index contributed by atoms with van der Waals surface area (Å²) in [4.78, 5) is 16.8. The van der Waals surface area contributed by atoms with Crippen LogP contribution in [0.1, 0.15) is 10.4 Å². The first-order valence-electron chi connectivity index (χ1n) is 7.68. The van der Waals surface area contributed by atoms with Gasteiger partial charge < -0.3 is 9.73 Å². The Hall–Kier alpha value is -2.21. The zero-order chi connectivity index (χ0) is 19.9. The van der Waals surface area contributed by atoms with Crippen LogP contribution in [0.5, 0.6) is 0 Å². The van der Waals surface area contributed by atoms with Crippen LogP contribution in [0.25, 0.3) is 22.4 Å². The van der Waals surface area contributed by atoms with Crippen molar-refractivity contribution in [1.82, 2.24) is 10.3 Å². The lowest BCUT2D eigenvalue weighted by Gasteiger charge is -2.16. The van der Waals surface area contributed by atoms with Gasteiger partial charge in [-0.05, 0) is 52.9 Å². The molecule has 0 atom stereocenters. The van der Waals surface area contributed by atoms with Gasteiger partial charge in [0.05, 0.1) is 20.8 Å². The number of fused-ring (bicyclic) bond motifs is 1. The molecule has 2 heterocycles. The largest absolute Gasteiger partial charge is 0.437 e. The van der Waals surface area contributed by atoms with Crippen LogP contribution in [0, 0.1) is 9.39 Å². The number of rotatable bonds is 4. The molecule has 3 aromatic rings. The molecule has 10 heteroatoms. The van der Waals surface area contributed by atoms with E-state index in [1.165, 1.54) is 38.4 Å². The minimum Gasteiger partial charge on any atom is -0.437 e. The smallest absolute Gasteiger partial charge is 0.255 e. The molecule has 3 rings (SSSR count). The Morgan fingerprint density at radius 2 is 1.93 bits per heavy atom. The van der Waals surface area contributed by atoms with Crippen LogP contribution in [0.2, 0.25) is 0 Å². The van der Waals surface area contributed by atoms with Gasteiger partial charge in [-0.15, -0.1) is 0 Å². The Labute approximate surface area is 168 Å². The fraction of sp³-hybridized carbons (Fsp3) is 0.176. The topological polar surface area (TPSA) is 92.5 Å². The zero-order valence-corrected chi connectivity index (χ0v) is 17.6. The molecule has 0 aliphatic carbocycles. The molecule has 0 radical (unpaired) electrons. The number of carbonyl (C=O) groups excluding carboxylic acids is 1. The van der Waals surface area contributed by atoms with E-state index < -0.39 is 21.7 Å². The average Bonchev–Trinajstić information content (AvgIpc) is 2.97. The summed E-state index contributed by atoms with van der Waals surface area (Å²) in [5.74, 6) is -0.392. The lowest BCUT2D eigenvalue weighted by Crippen LogP contribution is -2.26. The second-order valence-corrected chi connectivity index (χ2v) is 8.95. The molecular formula is C17H15FIN3O4S. The van der Waals surface area contributed by atoms with Crippen molar-refractivity contribution in [3.63, 3.8) is 0 Å². The highest BCUT2D eigenvalue weighted by Crippen LogP contribution is 2.36. The zero-order valence-electron chi connectivity index (χ0n) is 14.6. The van der Waals surface area contributed by atoms with E-state index in [2.05, 4.69) is 10.3 Å². The third-order valence-corrected chi connectivity index (χ3v) is 5.94. The summed E-state index contributed by atoms with van der Waals surface area (Å²) in [6.45, 7) is 0. The molecule has 0 aliphatic rings. The molecule has 7 nitrogen and oxygen atoms in total. The molecule has 0 bridgehead atoms. The molecule has 0 fully saturated rings. The first-order chi connectivity index (χ1) is 12.6. The number of nitrogens with zero attached hydrogens (tertiary/aromatic N) is 2. The number of amides is 1. The number of anilines is 1. The predicted octanol–water partition coefficient (Wildman–Crippen LogP) is 2.99. The Bertz CT molecular complexity index is 1140. The number of hydrogen-bond donors (Lipinski definition) is 1. The number of aromatic nitrogens is 1. The van der Waals surface area contributed by atoms with Gasteiger partial charge in [-0.2, -0.15) is 4.98 Å². The summed E-state index contributed by atoms with van der Waals surface area (Å²) >= 11 is 1.95. The maximum absolute atomic E-state index is 13.3. The van der Waals surface area contributed by atoms with Crippen molar-refractivity contribution in [3.8, 4) is 11.3 Å². The van der Waals surface area contributed by atoms with Crippen LogP contribution in [0.15, 0.2) is 34.7 Å². The number of carbonyl (C=O) groups is 1. The summed E-state index contributed by atoms with van der Waals surface area (Å²) in [5, 5.41) is 2.99. The van der Waals surface area contributed by atoms with Gasteiger partial charge in [-0.25, -0.2) is 12.8 Å². The van der Waals surface area contributed by atoms with E-state index in [9.17, 15) is 17.6 Å². The molecule has 0 spiro atoms. The molecule has 1 N–H and O–H groups in total. The lowest BCUT2D eigenvalue weighted by atomic mass is 10.1. The van der Waals surface area contributed by atoms with Crippen LogP contribution < -0.4 is 9.62 Å². The van der Waals surface area contributed by atoms with Gasteiger partial charge in [-0.1, -0.05) is 0 Å². The van der Waals surface area contributed by atoms with E-state index in [-0.39, 0.29) is 22.9 Å². The van der Waals surface area contributed by atoms with Gasteiger partial charge in [0.1, 0.15) is 11.6 Å². The van der Waals surface area contributed by atoms with Crippen LogP contribution in [-0.2, 0) is 10.0 Å². The Morgan fingerprint density at radius 1 is 1.30 bits per heavy atom. The monoisotopic (exact) mass is 503 g/mol. The van der Waals surface area contributed by atoms with Crippen molar-refractivity contribution in [3.05, 3.63) is 45.3 Å². The molecule has 0 aliphatic heterocycles. The first kappa shape index (κ1) is 19.5. The maximum Gasteiger partial charge on any atom is 0.255 e. The highest BCUT2D eigenvalue weighted by molar-refractivity contribution is 14.1. The van der Waals surface area contributed by atoms with Crippen LogP contribution in [-0.4, -0.2) is 39.7 Å². The summed E-state index contributed by atoms with van der Waals surface area (Å²) in [6.07, 6.45) is 1.07. The normalized spacial score (nSPS) is 11.6. The van der Waals surface area contributed by atoms with Gasteiger partial charge in [0.25, 0.3) is 5.91 Å².